The average molecular weight is 608 g/mol. The highest BCUT2D eigenvalue weighted by Crippen LogP contribution is 2.52. The van der Waals surface area contributed by atoms with E-state index in [9.17, 15) is 27.5 Å². The van der Waals surface area contributed by atoms with Gasteiger partial charge >= 0.3 is 5.97 Å². The largest absolute Gasteiger partial charge is 0.478 e. The number of aromatic carboxylic acids is 1. The predicted molar refractivity (Wildman–Crippen MR) is 152 cm³/mol. The van der Waals surface area contributed by atoms with Crippen LogP contribution in [-0.4, -0.2) is 32.0 Å². The lowest BCUT2D eigenvalue weighted by Gasteiger charge is -2.18. The Morgan fingerprint density at radius 2 is 1.70 bits per heavy atom. The molecule has 1 saturated carbocycles. The molecular formula is C33H26F5N3O3. The lowest BCUT2D eigenvalue weighted by Crippen LogP contribution is -2.21. The third-order valence-electron chi connectivity index (χ3n) is 7.97. The van der Waals surface area contributed by atoms with Crippen molar-refractivity contribution in [3.05, 3.63) is 112 Å². The van der Waals surface area contributed by atoms with Crippen LogP contribution in [0, 0.1) is 29.8 Å². The number of carboxylic acids is 1. The minimum Gasteiger partial charge on any atom is -0.478 e. The molecule has 0 aliphatic heterocycles. The number of benzene rings is 3. The summed E-state index contributed by atoms with van der Waals surface area (Å²) in [4.78, 5) is 20.3. The summed E-state index contributed by atoms with van der Waals surface area (Å²) in [6.45, 7) is 1.53. The molecule has 0 unspecified atom stereocenters. The number of hydrogen-bond donors (Lipinski definition) is 1. The van der Waals surface area contributed by atoms with Crippen LogP contribution in [0.5, 0.6) is 5.88 Å². The molecule has 0 bridgehead atoms. The van der Waals surface area contributed by atoms with Crippen LogP contribution in [0.1, 0.15) is 45.7 Å². The maximum Gasteiger partial charge on any atom is 0.335 e. The third-order valence-corrected chi connectivity index (χ3v) is 7.97. The number of halogens is 5. The number of hydrogen-bond acceptors (Lipinski definition) is 4. The molecule has 0 atom stereocenters. The van der Waals surface area contributed by atoms with Crippen molar-refractivity contribution >= 4 is 17.0 Å². The third kappa shape index (κ3) is 5.73. The molecule has 2 aromatic heterocycles. The van der Waals surface area contributed by atoms with Crippen molar-refractivity contribution in [2.75, 3.05) is 0 Å². The zero-order valence-electron chi connectivity index (χ0n) is 23.5. The fraction of sp³-hybridized carbons (Fsp3) is 0.242. The van der Waals surface area contributed by atoms with Gasteiger partial charge in [0.2, 0.25) is 12.3 Å². The zero-order chi connectivity index (χ0) is 31.2. The molecule has 5 aromatic rings. The maximum atomic E-state index is 15.5. The predicted octanol–water partition coefficient (Wildman–Crippen LogP) is 7.74. The molecule has 0 saturated heterocycles. The van der Waals surface area contributed by atoms with Crippen molar-refractivity contribution in [1.82, 2.24) is 14.5 Å². The molecule has 6 rings (SSSR count). The molecule has 1 aliphatic carbocycles. The lowest BCUT2D eigenvalue weighted by atomic mass is 10.0. The smallest absolute Gasteiger partial charge is 0.335 e. The Kier molecular flexibility index (Phi) is 7.56. The van der Waals surface area contributed by atoms with E-state index in [-0.39, 0.29) is 72.1 Å². The number of fused-ring (bicyclic) bond motifs is 1. The first-order valence-electron chi connectivity index (χ1n) is 13.9. The van der Waals surface area contributed by atoms with Crippen LogP contribution >= 0.6 is 0 Å². The van der Waals surface area contributed by atoms with Crippen LogP contribution in [0.2, 0.25) is 0 Å². The fourth-order valence-corrected chi connectivity index (χ4v) is 5.18. The summed E-state index contributed by atoms with van der Waals surface area (Å²) in [5.74, 6) is -2.94. The van der Waals surface area contributed by atoms with Gasteiger partial charge in [0.05, 0.1) is 16.8 Å². The summed E-state index contributed by atoms with van der Waals surface area (Å²) >= 11 is 0. The van der Waals surface area contributed by atoms with Crippen LogP contribution in [0.4, 0.5) is 22.0 Å². The van der Waals surface area contributed by atoms with Gasteiger partial charge in [-0.15, -0.1) is 0 Å². The molecule has 1 aliphatic rings. The standard InChI is InChI=1S/C33H26F5N3O3/c1-18-5-6-21(23(34)11-18)16-44-29-4-2-3-26(39-29)20-8-7-19(24(35)12-20)15-28-40-30-25(36)13-22(31(42)43)14-27(30)41(28)17-33(9-10-33)32(37)38/h2-8,11-14,32H,9-10,15-17H2,1H3,(H,42,43). The van der Waals surface area contributed by atoms with Crippen molar-refractivity contribution in [2.45, 2.75) is 45.8 Å². The molecule has 1 fully saturated rings. The van der Waals surface area contributed by atoms with E-state index in [1.54, 1.807) is 43.3 Å². The number of aromatic nitrogens is 3. The van der Waals surface area contributed by atoms with E-state index in [1.807, 2.05) is 0 Å². The molecule has 0 spiro atoms. The van der Waals surface area contributed by atoms with E-state index in [0.717, 1.165) is 11.6 Å². The van der Waals surface area contributed by atoms with Gasteiger partial charge < -0.3 is 14.4 Å². The molecule has 6 nitrogen and oxygen atoms in total. The van der Waals surface area contributed by atoms with E-state index in [4.69, 9.17) is 4.74 Å². The van der Waals surface area contributed by atoms with Gasteiger partial charge in [0.25, 0.3) is 0 Å². The van der Waals surface area contributed by atoms with Gasteiger partial charge in [-0.3, -0.25) is 0 Å². The highest BCUT2D eigenvalue weighted by molar-refractivity contribution is 5.92. The van der Waals surface area contributed by atoms with Crippen molar-refractivity contribution in [1.29, 1.82) is 0 Å². The second-order valence-corrected chi connectivity index (χ2v) is 11.1. The topological polar surface area (TPSA) is 77.2 Å². The van der Waals surface area contributed by atoms with Crippen LogP contribution < -0.4 is 4.74 Å². The molecule has 3 aromatic carbocycles. The van der Waals surface area contributed by atoms with E-state index in [1.165, 1.54) is 28.8 Å². The van der Waals surface area contributed by atoms with Crippen LogP contribution in [0.15, 0.2) is 66.7 Å². The van der Waals surface area contributed by atoms with Crippen LogP contribution in [0.3, 0.4) is 0 Å². The zero-order valence-corrected chi connectivity index (χ0v) is 23.5. The molecular weight excluding hydrogens is 581 g/mol. The average Bonchev–Trinajstić information content (AvgIpc) is 3.70. The Morgan fingerprint density at radius 1 is 0.955 bits per heavy atom. The van der Waals surface area contributed by atoms with Gasteiger partial charge in [0.1, 0.15) is 29.6 Å². The van der Waals surface area contributed by atoms with Crippen molar-refractivity contribution in [3.8, 4) is 17.1 Å². The summed E-state index contributed by atoms with van der Waals surface area (Å²) in [5, 5.41) is 9.42. The number of ether oxygens (including phenoxy) is 1. The normalized spacial score (nSPS) is 13.9. The molecule has 1 N–H and O–H groups in total. The SMILES string of the molecule is Cc1ccc(COc2cccc(-c3ccc(Cc4nc5c(F)cc(C(=O)O)cc5n4CC4(C(F)F)CC4)c(F)c3)n2)c(F)c1. The van der Waals surface area contributed by atoms with Gasteiger partial charge in [-0.2, -0.15) is 0 Å². The highest BCUT2D eigenvalue weighted by atomic mass is 19.3. The molecule has 44 heavy (non-hydrogen) atoms. The summed E-state index contributed by atoms with van der Waals surface area (Å²) in [6, 6.07) is 16.2. The summed E-state index contributed by atoms with van der Waals surface area (Å²) < 4.78 is 79.4. The lowest BCUT2D eigenvalue weighted by molar-refractivity contribution is 0.0514. The van der Waals surface area contributed by atoms with Gasteiger partial charge in [0, 0.05) is 35.6 Å². The first-order chi connectivity index (χ1) is 21.0. The first-order valence-corrected chi connectivity index (χ1v) is 13.9. The summed E-state index contributed by atoms with van der Waals surface area (Å²) in [6.07, 6.45) is -2.28. The minimum atomic E-state index is -2.64. The Labute approximate surface area is 248 Å². The first kappa shape index (κ1) is 29.3. The van der Waals surface area contributed by atoms with Crippen molar-refractivity contribution < 1.29 is 36.6 Å². The number of pyridine rings is 1. The number of imidazole rings is 1. The number of alkyl halides is 2. The molecule has 2 heterocycles. The second kappa shape index (κ2) is 11.4. The van der Waals surface area contributed by atoms with E-state index in [2.05, 4.69) is 9.97 Å². The van der Waals surface area contributed by atoms with Crippen molar-refractivity contribution in [3.63, 3.8) is 0 Å². The molecule has 226 valence electrons. The number of carbonyl (C=O) groups is 1. The molecule has 0 radical (unpaired) electrons. The number of aryl methyl sites for hydroxylation is 1. The minimum absolute atomic E-state index is 0.0434. The Hall–Kier alpha value is -4.80. The molecule has 0 amide bonds. The second-order valence-electron chi connectivity index (χ2n) is 11.1. The Bertz CT molecular complexity index is 1900. The van der Waals surface area contributed by atoms with Crippen LogP contribution in [-0.2, 0) is 19.6 Å². The number of carboxylic acid groups (broad SMARTS) is 1. The van der Waals surface area contributed by atoms with Gasteiger partial charge in [0.15, 0.2) is 5.82 Å². The van der Waals surface area contributed by atoms with Crippen LogP contribution in [0.25, 0.3) is 22.3 Å². The Morgan fingerprint density at radius 3 is 2.39 bits per heavy atom. The molecule has 11 heteroatoms. The highest BCUT2D eigenvalue weighted by Gasteiger charge is 2.51. The van der Waals surface area contributed by atoms with Crippen molar-refractivity contribution in [2.24, 2.45) is 5.41 Å². The van der Waals surface area contributed by atoms with E-state index < -0.39 is 29.4 Å². The maximum absolute atomic E-state index is 15.5. The Balaban J connectivity index is 1.28. The quantitative estimate of drug-likeness (QED) is 0.164. The van der Waals surface area contributed by atoms with Gasteiger partial charge in [-0.05, 0) is 61.2 Å². The van der Waals surface area contributed by atoms with Gasteiger partial charge in [-0.25, -0.2) is 36.7 Å². The summed E-state index contributed by atoms with van der Waals surface area (Å²) in [7, 11) is 0. The monoisotopic (exact) mass is 607 g/mol. The number of nitrogens with zero attached hydrogens (tertiary/aromatic N) is 3. The fourth-order valence-electron chi connectivity index (χ4n) is 5.18. The number of rotatable bonds is 10. The van der Waals surface area contributed by atoms with E-state index in [0.29, 0.717) is 16.8 Å². The van der Waals surface area contributed by atoms with E-state index >= 15 is 4.39 Å². The summed E-state index contributed by atoms with van der Waals surface area (Å²) in [5.41, 5.74) is 0.379. The van der Waals surface area contributed by atoms with Gasteiger partial charge in [-0.1, -0.05) is 30.3 Å².